The highest BCUT2D eigenvalue weighted by molar-refractivity contribution is 7.89. The molecule has 0 bridgehead atoms. The van der Waals surface area contributed by atoms with Crippen LogP contribution in [0.1, 0.15) is 26.3 Å². The van der Waals surface area contributed by atoms with E-state index >= 15 is 0 Å². The Kier molecular flexibility index (Phi) is 4.31. The van der Waals surface area contributed by atoms with E-state index in [2.05, 4.69) is 0 Å². The van der Waals surface area contributed by atoms with Crippen molar-refractivity contribution < 1.29 is 13.2 Å². The van der Waals surface area contributed by atoms with Crippen LogP contribution < -0.4 is 0 Å². The maximum atomic E-state index is 12.8. The first-order valence-electron chi connectivity index (χ1n) is 6.53. The molecule has 0 radical (unpaired) electrons. The van der Waals surface area contributed by atoms with Gasteiger partial charge in [-0.25, -0.2) is 8.42 Å². The molecule has 21 heavy (non-hydrogen) atoms. The molecule has 0 N–H and O–H groups in total. The second kappa shape index (κ2) is 5.58. The molecule has 1 aromatic carbocycles. The summed E-state index contributed by atoms with van der Waals surface area (Å²) in [6, 6.07) is 6.16. The molecular formula is C14H17ClN2O3S. The Balaban J connectivity index is 2.45. The number of hydrogen-bond donors (Lipinski definition) is 0. The number of morpholine rings is 1. The van der Waals surface area contributed by atoms with Crippen LogP contribution in [0.5, 0.6) is 0 Å². The minimum Gasteiger partial charge on any atom is -0.370 e. The molecule has 0 saturated carbocycles. The van der Waals surface area contributed by atoms with Crippen LogP contribution in [-0.2, 0) is 14.8 Å². The van der Waals surface area contributed by atoms with Gasteiger partial charge in [0, 0.05) is 13.1 Å². The lowest BCUT2D eigenvalue weighted by molar-refractivity contribution is -0.109. The normalized spacial score (nSPS) is 22.7. The lowest BCUT2D eigenvalue weighted by atomic mass is 10.1. The number of ether oxygens (including phenoxy) is 1. The zero-order valence-corrected chi connectivity index (χ0v) is 13.7. The molecule has 0 spiro atoms. The van der Waals surface area contributed by atoms with Crippen LogP contribution in [-0.4, -0.2) is 37.5 Å². The molecule has 1 atom stereocenters. The van der Waals surface area contributed by atoms with Crippen LogP contribution in [0.25, 0.3) is 0 Å². The summed E-state index contributed by atoms with van der Waals surface area (Å²) in [7, 11) is -3.76. The number of sulfonamides is 1. The van der Waals surface area contributed by atoms with Crippen LogP contribution in [0.2, 0.25) is 5.02 Å². The minimum atomic E-state index is -3.76. The topological polar surface area (TPSA) is 70.4 Å². The second-order valence-electron chi connectivity index (χ2n) is 5.74. The molecule has 1 heterocycles. The molecule has 1 saturated heterocycles. The Morgan fingerprint density at radius 3 is 2.71 bits per heavy atom. The molecule has 0 amide bonds. The van der Waals surface area contributed by atoms with Gasteiger partial charge in [0.1, 0.15) is 4.90 Å². The number of nitriles is 1. The van der Waals surface area contributed by atoms with E-state index in [4.69, 9.17) is 21.6 Å². The number of nitrogens with zero attached hydrogens (tertiary/aromatic N) is 2. The first-order valence-corrected chi connectivity index (χ1v) is 8.35. The van der Waals surface area contributed by atoms with Gasteiger partial charge >= 0.3 is 0 Å². The summed E-state index contributed by atoms with van der Waals surface area (Å²) in [4.78, 5) is -0.0342. The van der Waals surface area contributed by atoms with Crippen molar-refractivity contribution in [3.05, 3.63) is 28.8 Å². The van der Waals surface area contributed by atoms with E-state index in [1.165, 1.54) is 22.5 Å². The van der Waals surface area contributed by atoms with Gasteiger partial charge in [0.05, 0.1) is 28.4 Å². The minimum absolute atomic E-state index is 0.0342. The van der Waals surface area contributed by atoms with Gasteiger partial charge in [-0.15, -0.1) is 0 Å². The van der Waals surface area contributed by atoms with Crippen LogP contribution in [0.4, 0.5) is 0 Å². The zero-order valence-electron chi connectivity index (χ0n) is 12.1. The van der Waals surface area contributed by atoms with Crippen molar-refractivity contribution in [2.45, 2.75) is 37.4 Å². The average molecular weight is 329 g/mol. The van der Waals surface area contributed by atoms with Crippen LogP contribution >= 0.6 is 11.6 Å². The Morgan fingerprint density at radius 2 is 2.14 bits per heavy atom. The molecule has 0 aliphatic carbocycles. The fourth-order valence-electron chi connectivity index (χ4n) is 2.49. The highest BCUT2D eigenvalue weighted by Crippen LogP contribution is 2.30. The fourth-order valence-corrected chi connectivity index (χ4v) is 4.65. The molecule has 1 fully saturated rings. The van der Waals surface area contributed by atoms with Crippen molar-refractivity contribution in [2.24, 2.45) is 0 Å². The van der Waals surface area contributed by atoms with Crippen molar-refractivity contribution in [2.75, 3.05) is 13.1 Å². The summed E-state index contributed by atoms with van der Waals surface area (Å²) in [6.45, 7) is 6.03. The van der Waals surface area contributed by atoms with Crippen molar-refractivity contribution >= 4 is 21.6 Å². The molecule has 1 aliphatic heterocycles. The Bertz CT molecular complexity index is 695. The predicted molar refractivity (Wildman–Crippen MR) is 79.6 cm³/mol. The molecule has 5 nitrogen and oxygen atoms in total. The van der Waals surface area contributed by atoms with E-state index in [0.717, 1.165) is 0 Å². The lowest BCUT2D eigenvalue weighted by Crippen LogP contribution is -2.53. The second-order valence-corrected chi connectivity index (χ2v) is 8.06. The SMILES string of the molecule is CC1CN(S(=O)(=O)c2cc(C#N)ccc2Cl)CC(C)(C)O1. The standard InChI is InChI=1S/C14H17ClN2O3S/c1-10-8-17(9-14(2,3)20-10)21(18,19)13-6-11(7-16)4-5-12(13)15/h4-6,10H,8-9H2,1-3H3. The van der Waals surface area contributed by atoms with E-state index in [0.29, 0.717) is 0 Å². The van der Waals surface area contributed by atoms with Crippen molar-refractivity contribution in [1.82, 2.24) is 4.31 Å². The third-order valence-electron chi connectivity index (χ3n) is 3.22. The van der Waals surface area contributed by atoms with Gasteiger partial charge < -0.3 is 4.74 Å². The van der Waals surface area contributed by atoms with E-state index in [-0.39, 0.29) is 34.7 Å². The largest absolute Gasteiger partial charge is 0.370 e. The number of benzene rings is 1. The number of rotatable bonds is 2. The average Bonchev–Trinajstić information content (AvgIpc) is 2.36. The van der Waals surface area contributed by atoms with Crippen LogP contribution in [0.3, 0.4) is 0 Å². The number of halogens is 1. The zero-order chi connectivity index (χ0) is 15.8. The van der Waals surface area contributed by atoms with E-state index < -0.39 is 15.6 Å². The smallest absolute Gasteiger partial charge is 0.244 e. The summed E-state index contributed by atoms with van der Waals surface area (Å²) >= 11 is 6.02. The van der Waals surface area contributed by atoms with Gasteiger partial charge in [0.15, 0.2) is 0 Å². The molecule has 1 aromatic rings. The van der Waals surface area contributed by atoms with Crippen molar-refractivity contribution in [3.63, 3.8) is 0 Å². The van der Waals surface area contributed by atoms with E-state index in [1.54, 1.807) is 0 Å². The summed E-state index contributed by atoms with van der Waals surface area (Å²) in [6.07, 6.45) is -0.207. The third kappa shape index (κ3) is 3.38. The van der Waals surface area contributed by atoms with Gasteiger partial charge in [0.2, 0.25) is 10.0 Å². The Labute approximate surface area is 130 Å². The fraction of sp³-hybridized carbons (Fsp3) is 0.500. The van der Waals surface area contributed by atoms with Crippen LogP contribution in [0.15, 0.2) is 23.1 Å². The first kappa shape index (κ1) is 16.2. The Morgan fingerprint density at radius 1 is 1.48 bits per heavy atom. The summed E-state index contributed by atoms with van der Waals surface area (Å²) in [5.74, 6) is 0. The highest BCUT2D eigenvalue weighted by Gasteiger charge is 2.38. The monoisotopic (exact) mass is 328 g/mol. The van der Waals surface area contributed by atoms with E-state index in [1.807, 2.05) is 26.8 Å². The first-order chi connectivity index (χ1) is 9.65. The molecular weight excluding hydrogens is 312 g/mol. The number of hydrogen-bond acceptors (Lipinski definition) is 4. The molecule has 1 unspecified atom stereocenters. The third-order valence-corrected chi connectivity index (χ3v) is 5.51. The van der Waals surface area contributed by atoms with Crippen LogP contribution in [0, 0.1) is 11.3 Å². The molecule has 2 rings (SSSR count). The van der Waals surface area contributed by atoms with Gasteiger partial charge in [-0.2, -0.15) is 9.57 Å². The van der Waals surface area contributed by atoms with Gasteiger partial charge in [0.25, 0.3) is 0 Å². The van der Waals surface area contributed by atoms with Crippen molar-refractivity contribution in [3.8, 4) is 6.07 Å². The summed E-state index contributed by atoms with van der Waals surface area (Å²) in [5, 5.41) is 9.05. The molecule has 7 heteroatoms. The lowest BCUT2D eigenvalue weighted by Gasteiger charge is -2.40. The summed E-state index contributed by atoms with van der Waals surface area (Å²) < 4.78 is 32.7. The van der Waals surface area contributed by atoms with Crippen molar-refractivity contribution in [1.29, 1.82) is 5.26 Å². The molecule has 114 valence electrons. The van der Waals surface area contributed by atoms with Gasteiger partial charge in [-0.05, 0) is 39.0 Å². The predicted octanol–water partition coefficient (Wildman–Crippen LogP) is 2.40. The quantitative estimate of drug-likeness (QED) is 0.835. The molecule has 1 aliphatic rings. The maximum absolute atomic E-state index is 12.8. The van der Waals surface area contributed by atoms with Gasteiger partial charge in [-0.1, -0.05) is 11.6 Å². The maximum Gasteiger partial charge on any atom is 0.244 e. The highest BCUT2D eigenvalue weighted by atomic mass is 35.5. The Hall–Kier alpha value is -1.13. The summed E-state index contributed by atoms with van der Waals surface area (Å²) in [5.41, 5.74) is -0.303. The van der Waals surface area contributed by atoms with Gasteiger partial charge in [-0.3, -0.25) is 0 Å². The van der Waals surface area contributed by atoms with E-state index in [9.17, 15) is 8.42 Å². The molecule has 0 aromatic heterocycles.